The van der Waals surface area contributed by atoms with Crippen LogP contribution in [0.3, 0.4) is 0 Å². The van der Waals surface area contributed by atoms with Crippen molar-refractivity contribution in [2.75, 3.05) is 42.3 Å². The van der Waals surface area contributed by atoms with Gasteiger partial charge in [0.05, 0.1) is 0 Å². The average Bonchev–Trinajstić information content (AvgIpc) is 2.18. The number of rotatable bonds is 0. The predicted molar refractivity (Wildman–Crippen MR) is 73.1 cm³/mol. The Labute approximate surface area is 111 Å². The predicted octanol–water partition coefficient (Wildman–Crippen LogP) is 0.284. The summed E-state index contributed by atoms with van der Waals surface area (Å²) in [4.78, 5) is 34.8. The van der Waals surface area contributed by atoms with Crippen molar-refractivity contribution in [3.8, 4) is 0 Å². The van der Waals surface area contributed by atoms with Crippen LogP contribution < -0.4 is 0 Å². The fraction of sp³-hybridized carbons (Fsp3) is 0.750. The zero-order valence-electron chi connectivity index (χ0n) is 13.1. The lowest BCUT2D eigenvalue weighted by atomic mass is 10.7. The molecule has 0 aliphatic rings. The number of nitrogens with zero attached hydrogens (tertiary/aromatic N) is 3. The quantitative estimate of drug-likeness (QED) is 0.629. The summed E-state index contributed by atoms with van der Waals surface area (Å²) in [7, 11) is 10.3. The SMILES string of the molecule is CC(=O)N(C)C.CC(=O)N(C)C.CC(=O)N(C)C. The highest BCUT2D eigenvalue weighted by Gasteiger charge is 1.88. The molecule has 0 saturated heterocycles. The number of amides is 3. The lowest BCUT2D eigenvalue weighted by molar-refractivity contribution is -0.127. The van der Waals surface area contributed by atoms with E-state index in [0.717, 1.165) is 0 Å². The van der Waals surface area contributed by atoms with Crippen LogP contribution in [0.1, 0.15) is 20.8 Å². The van der Waals surface area contributed by atoms with Crippen LogP contribution in [-0.4, -0.2) is 74.7 Å². The highest BCUT2D eigenvalue weighted by Crippen LogP contribution is 1.70. The second-order valence-corrected chi connectivity index (χ2v) is 4.24. The maximum Gasteiger partial charge on any atom is 0.218 e. The molecule has 0 radical (unpaired) electrons. The number of hydrogen-bond donors (Lipinski definition) is 0. The summed E-state index contributed by atoms with van der Waals surface area (Å²) < 4.78 is 0. The lowest BCUT2D eigenvalue weighted by Gasteiger charge is -2.02. The summed E-state index contributed by atoms with van der Waals surface area (Å²) in [5.41, 5.74) is 0. The molecule has 0 bridgehead atoms. The van der Waals surface area contributed by atoms with E-state index in [1.807, 2.05) is 0 Å². The van der Waals surface area contributed by atoms with Gasteiger partial charge in [-0.2, -0.15) is 0 Å². The highest BCUT2D eigenvalue weighted by molar-refractivity contribution is 5.72. The van der Waals surface area contributed by atoms with Crippen molar-refractivity contribution in [3.63, 3.8) is 0 Å². The van der Waals surface area contributed by atoms with E-state index in [0.29, 0.717) is 0 Å². The number of carbonyl (C=O) groups is 3. The second kappa shape index (κ2) is 11.9. The molecule has 0 aromatic carbocycles. The third-order valence-corrected chi connectivity index (χ3v) is 1.89. The van der Waals surface area contributed by atoms with Crippen molar-refractivity contribution in [2.45, 2.75) is 20.8 Å². The molecule has 0 fully saturated rings. The minimum Gasteiger partial charge on any atom is -0.349 e. The summed E-state index contributed by atoms with van der Waals surface area (Å²) in [5.74, 6) is 0.278. The third kappa shape index (κ3) is 23.9. The molecule has 6 heteroatoms. The van der Waals surface area contributed by atoms with Gasteiger partial charge < -0.3 is 14.7 Å². The van der Waals surface area contributed by atoms with Gasteiger partial charge in [0.25, 0.3) is 0 Å². The van der Waals surface area contributed by atoms with Gasteiger partial charge in [-0.05, 0) is 0 Å². The van der Waals surface area contributed by atoms with Crippen LogP contribution in [0.15, 0.2) is 0 Å². The summed E-state index contributed by atoms with van der Waals surface area (Å²) in [5, 5.41) is 0. The van der Waals surface area contributed by atoms with Crippen molar-refractivity contribution >= 4 is 17.7 Å². The van der Waals surface area contributed by atoms with Gasteiger partial charge in [0.2, 0.25) is 17.7 Å². The van der Waals surface area contributed by atoms with E-state index in [4.69, 9.17) is 0 Å². The van der Waals surface area contributed by atoms with Gasteiger partial charge in [0, 0.05) is 63.1 Å². The first kappa shape index (κ1) is 21.7. The van der Waals surface area contributed by atoms with E-state index < -0.39 is 0 Å². The smallest absolute Gasteiger partial charge is 0.218 e. The van der Waals surface area contributed by atoms with Gasteiger partial charge in [-0.15, -0.1) is 0 Å². The number of hydrogen-bond acceptors (Lipinski definition) is 3. The lowest BCUT2D eigenvalue weighted by Crippen LogP contribution is -2.17. The summed E-state index contributed by atoms with van der Waals surface area (Å²) >= 11 is 0. The van der Waals surface area contributed by atoms with Gasteiger partial charge in [-0.25, -0.2) is 0 Å². The number of carbonyl (C=O) groups excluding carboxylic acids is 3. The zero-order valence-corrected chi connectivity index (χ0v) is 13.1. The molecule has 0 unspecified atom stereocenters. The van der Waals surface area contributed by atoms with Crippen LogP contribution in [0.25, 0.3) is 0 Å². The monoisotopic (exact) mass is 261 g/mol. The largest absolute Gasteiger partial charge is 0.349 e. The Bertz CT molecular complexity index is 218. The molecule has 0 saturated carbocycles. The van der Waals surface area contributed by atoms with E-state index in [9.17, 15) is 14.4 Å². The van der Waals surface area contributed by atoms with Gasteiger partial charge >= 0.3 is 0 Å². The van der Waals surface area contributed by atoms with E-state index in [1.54, 1.807) is 42.3 Å². The summed E-state index contributed by atoms with van der Waals surface area (Å²) in [6.45, 7) is 4.58. The molecule has 0 aromatic rings. The van der Waals surface area contributed by atoms with Crippen LogP contribution in [0, 0.1) is 0 Å². The molecule has 0 atom stereocenters. The maximum atomic E-state index is 10.1. The Hall–Kier alpha value is -1.59. The topological polar surface area (TPSA) is 60.9 Å². The molecule has 3 amide bonds. The molecule has 18 heavy (non-hydrogen) atoms. The molecule has 0 N–H and O–H groups in total. The third-order valence-electron chi connectivity index (χ3n) is 1.89. The van der Waals surface area contributed by atoms with Crippen molar-refractivity contribution < 1.29 is 14.4 Å². The highest BCUT2D eigenvalue weighted by atomic mass is 16.2. The van der Waals surface area contributed by atoms with Crippen LogP contribution in [0.5, 0.6) is 0 Å². The van der Waals surface area contributed by atoms with Crippen molar-refractivity contribution in [2.24, 2.45) is 0 Å². The molecule has 0 aliphatic heterocycles. The van der Waals surface area contributed by atoms with E-state index >= 15 is 0 Å². The normalized spacial score (nSPS) is 7.83. The Morgan fingerprint density at radius 3 is 0.556 bits per heavy atom. The minimum atomic E-state index is 0.0926. The Morgan fingerprint density at radius 2 is 0.556 bits per heavy atom. The molecule has 0 rings (SSSR count). The standard InChI is InChI=1S/3C4H9NO/c3*1-4(6)5(2)3/h3*1-3H3. The molecular weight excluding hydrogens is 234 g/mol. The Kier molecular flexibility index (Phi) is 14.3. The van der Waals surface area contributed by atoms with Crippen molar-refractivity contribution in [1.82, 2.24) is 14.7 Å². The average molecular weight is 261 g/mol. The first-order chi connectivity index (χ1) is 7.93. The van der Waals surface area contributed by atoms with Crippen LogP contribution in [-0.2, 0) is 14.4 Å². The molecule has 6 nitrogen and oxygen atoms in total. The van der Waals surface area contributed by atoms with Gasteiger partial charge in [0.15, 0.2) is 0 Å². The first-order valence-electron chi connectivity index (χ1n) is 5.47. The van der Waals surface area contributed by atoms with Crippen LogP contribution >= 0.6 is 0 Å². The van der Waals surface area contributed by atoms with Crippen molar-refractivity contribution in [3.05, 3.63) is 0 Å². The Balaban J connectivity index is -0.000000187. The van der Waals surface area contributed by atoms with Crippen LogP contribution in [0.2, 0.25) is 0 Å². The zero-order chi connectivity index (χ0) is 15.5. The molecule has 108 valence electrons. The van der Waals surface area contributed by atoms with Gasteiger partial charge in [-0.3, -0.25) is 14.4 Å². The second-order valence-electron chi connectivity index (χ2n) is 4.24. The first-order valence-corrected chi connectivity index (χ1v) is 5.47. The fourth-order valence-electron chi connectivity index (χ4n) is 0. The minimum absolute atomic E-state index is 0.0926. The summed E-state index contributed by atoms with van der Waals surface area (Å²) in [6, 6.07) is 0. The van der Waals surface area contributed by atoms with E-state index in [-0.39, 0.29) is 17.7 Å². The Morgan fingerprint density at radius 1 is 0.500 bits per heavy atom. The summed E-state index contributed by atoms with van der Waals surface area (Å²) in [6.07, 6.45) is 0. The maximum absolute atomic E-state index is 10.1. The molecule has 0 aliphatic carbocycles. The molecule has 0 spiro atoms. The van der Waals surface area contributed by atoms with Crippen molar-refractivity contribution in [1.29, 1.82) is 0 Å². The molecule has 0 aromatic heterocycles. The van der Waals surface area contributed by atoms with E-state index in [2.05, 4.69) is 0 Å². The van der Waals surface area contributed by atoms with Crippen LogP contribution in [0.4, 0.5) is 0 Å². The fourth-order valence-corrected chi connectivity index (χ4v) is 0. The molecule has 0 heterocycles. The van der Waals surface area contributed by atoms with E-state index in [1.165, 1.54) is 35.5 Å². The van der Waals surface area contributed by atoms with Gasteiger partial charge in [0.1, 0.15) is 0 Å². The molecular formula is C12H27N3O3. The van der Waals surface area contributed by atoms with Gasteiger partial charge in [-0.1, -0.05) is 0 Å².